The molecule has 2 aliphatic heterocycles. The minimum atomic E-state index is 0.0630. The van der Waals surface area contributed by atoms with Crippen molar-refractivity contribution in [1.82, 2.24) is 9.80 Å². The number of rotatable bonds is 3. The molecule has 1 saturated carbocycles. The highest BCUT2D eigenvalue weighted by Crippen LogP contribution is 2.31. The van der Waals surface area contributed by atoms with E-state index >= 15 is 0 Å². The van der Waals surface area contributed by atoms with Crippen LogP contribution in [-0.2, 0) is 4.79 Å². The highest BCUT2D eigenvalue weighted by atomic mass is 32.1. The van der Waals surface area contributed by atoms with Crippen LogP contribution in [0, 0.1) is 0 Å². The predicted molar refractivity (Wildman–Crippen MR) is 110 cm³/mol. The molecule has 3 fully saturated rings. The molecule has 0 spiro atoms. The first-order valence-electron chi connectivity index (χ1n) is 9.83. The highest BCUT2D eigenvalue weighted by Gasteiger charge is 2.40. The van der Waals surface area contributed by atoms with Crippen molar-refractivity contribution in [3.05, 3.63) is 35.5 Å². The van der Waals surface area contributed by atoms with Crippen LogP contribution in [0.1, 0.15) is 50.5 Å². The number of hydrogen-bond acceptors (Lipinski definition) is 3. The van der Waals surface area contributed by atoms with Gasteiger partial charge in [-0.3, -0.25) is 9.69 Å². The lowest BCUT2D eigenvalue weighted by molar-refractivity contribution is -0.124. The van der Waals surface area contributed by atoms with E-state index in [1.165, 1.54) is 37.8 Å². The molecule has 26 heavy (non-hydrogen) atoms. The van der Waals surface area contributed by atoms with Crippen LogP contribution in [0.25, 0.3) is 6.08 Å². The van der Waals surface area contributed by atoms with Gasteiger partial charge < -0.3 is 9.80 Å². The van der Waals surface area contributed by atoms with Gasteiger partial charge >= 0.3 is 0 Å². The number of thiocarbonyl (C=S) groups is 1. The number of nitrogens with zero attached hydrogens (tertiary/aromatic N) is 3. The smallest absolute Gasteiger partial charge is 0.277 e. The molecule has 2 saturated heterocycles. The lowest BCUT2D eigenvalue weighted by atomic mass is 9.94. The van der Waals surface area contributed by atoms with E-state index in [4.69, 9.17) is 12.2 Å². The molecule has 0 atom stereocenters. The summed E-state index contributed by atoms with van der Waals surface area (Å²) in [4.78, 5) is 19.2. The Morgan fingerprint density at radius 3 is 2.31 bits per heavy atom. The number of anilines is 1. The number of likely N-dealkylation sites (N-methyl/N-ethyl adjacent to an activating group) is 1. The number of amides is 1. The summed E-state index contributed by atoms with van der Waals surface area (Å²) >= 11 is 5.59. The quantitative estimate of drug-likeness (QED) is 0.594. The average molecular weight is 370 g/mol. The standard InChI is InChI=1S/C21H27N3OS/c1-22-19(20(25)24(21(22)26)18-7-3-2-4-8-18)15-16-9-11-17(12-10-16)23-13-5-6-14-23/h9-12,15,18H,2-8,13-14H2,1H3/b19-15-. The maximum atomic E-state index is 13.0. The summed E-state index contributed by atoms with van der Waals surface area (Å²) in [6, 6.07) is 8.81. The molecule has 138 valence electrons. The van der Waals surface area contributed by atoms with Gasteiger partial charge in [-0.2, -0.15) is 0 Å². The molecule has 5 heteroatoms. The Hall–Kier alpha value is -1.88. The van der Waals surface area contributed by atoms with Gasteiger partial charge in [0.15, 0.2) is 5.11 Å². The molecule has 1 aromatic rings. The van der Waals surface area contributed by atoms with Crippen LogP contribution in [-0.4, -0.2) is 47.0 Å². The lowest BCUT2D eigenvalue weighted by Gasteiger charge is -2.30. The summed E-state index contributed by atoms with van der Waals surface area (Å²) in [6.07, 6.45) is 10.3. The number of hydrogen-bond donors (Lipinski definition) is 0. The van der Waals surface area contributed by atoms with Crippen molar-refractivity contribution >= 4 is 35.0 Å². The van der Waals surface area contributed by atoms with Crippen LogP contribution in [0.3, 0.4) is 0 Å². The van der Waals surface area contributed by atoms with Crippen LogP contribution in [0.5, 0.6) is 0 Å². The van der Waals surface area contributed by atoms with Crippen molar-refractivity contribution in [2.24, 2.45) is 0 Å². The van der Waals surface area contributed by atoms with E-state index in [1.807, 2.05) is 22.9 Å². The molecule has 1 amide bonds. The van der Waals surface area contributed by atoms with Crippen molar-refractivity contribution in [2.75, 3.05) is 25.0 Å². The molecule has 1 aromatic carbocycles. The number of carbonyl (C=O) groups is 1. The second-order valence-electron chi connectivity index (χ2n) is 7.62. The van der Waals surface area contributed by atoms with E-state index in [0.29, 0.717) is 10.8 Å². The van der Waals surface area contributed by atoms with E-state index in [-0.39, 0.29) is 11.9 Å². The highest BCUT2D eigenvalue weighted by molar-refractivity contribution is 7.80. The molecular weight excluding hydrogens is 342 g/mol. The predicted octanol–water partition coefficient (Wildman–Crippen LogP) is 4.02. The second-order valence-corrected chi connectivity index (χ2v) is 7.99. The van der Waals surface area contributed by atoms with Crippen LogP contribution in [0.2, 0.25) is 0 Å². The first kappa shape index (κ1) is 17.5. The van der Waals surface area contributed by atoms with E-state index in [0.717, 1.165) is 31.5 Å². The molecule has 0 unspecified atom stereocenters. The molecular formula is C21H27N3OS. The van der Waals surface area contributed by atoms with Crippen molar-refractivity contribution in [3.8, 4) is 0 Å². The molecule has 0 bridgehead atoms. The Morgan fingerprint density at radius 2 is 1.65 bits per heavy atom. The molecule has 0 radical (unpaired) electrons. The molecule has 4 nitrogen and oxygen atoms in total. The SMILES string of the molecule is CN1C(=S)N(C2CCCCC2)C(=O)/C1=C/c1ccc(N2CCCC2)cc1. The zero-order chi connectivity index (χ0) is 18.1. The van der Waals surface area contributed by atoms with Crippen LogP contribution < -0.4 is 4.90 Å². The van der Waals surface area contributed by atoms with Gasteiger partial charge in [0.05, 0.1) is 0 Å². The van der Waals surface area contributed by atoms with Gasteiger partial charge in [0.25, 0.3) is 5.91 Å². The molecule has 3 aliphatic rings. The third kappa shape index (κ3) is 3.25. The zero-order valence-electron chi connectivity index (χ0n) is 15.5. The largest absolute Gasteiger partial charge is 0.372 e. The van der Waals surface area contributed by atoms with Crippen LogP contribution in [0.15, 0.2) is 30.0 Å². The van der Waals surface area contributed by atoms with Gasteiger partial charge in [-0.25, -0.2) is 0 Å². The summed E-state index contributed by atoms with van der Waals surface area (Å²) in [7, 11) is 1.91. The maximum Gasteiger partial charge on any atom is 0.277 e. The minimum absolute atomic E-state index is 0.0630. The lowest BCUT2D eigenvalue weighted by Crippen LogP contribution is -2.41. The summed E-state index contributed by atoms with van der Waals surface area (Å²) < 4.78 is 0. The Labute approximate surface area is 161 Å². The van der Waals surface area contributed by atoms with Gasteiger partial charge in [-0.15, -0.1) is 0 Å². The maximum absolute atomic E-state index is 13.0. The monoisotopic (exact) mass is 369 g/mol. The Balaban J connectivity index is 1.54. The van der Waals surface area contributed by atoms with Gasteiger partial charge in [-0.05, 0) is 61.7 Å². The van der Waals surface area contributed by atoms with Crippen molar-refractivity contribution in [3.63, 3.8) is 0 Å². The fraction of sp³-hybridized carbons (Fsp3) is 0.524. The molecule has 0 aromatic heterocycles. The van der Waals surface area contributed by atoms with Gasteiger partial charge in [0, 0.05) is 31.9 Å². The Morgan fingerprint density at radius 1 is 1.00 bits per heavy atom. The van der Waals surface area contributed by atoms with Crippen molar-refractivity contribution < 1.29 is 4.79 Å². The third-order valence-electron chi connectivity index (χ3n) is 5.90. The molecule has 0 N–H and O–H groups in total. The van der Waals surface area contributed by atoms with E-state index < -0.39 is 0 Å². The third-order valence-corrected chi connectivity index (χ3v) is 6.37. The normalized spacial score (nSPS) is 23.6. The number of benzene rings is 1. The van der Waals surface area contributed by atoms with Crippen molar-refractivity contribution in [1.29, 1.82) is 0 Å². The van der Waals surface area contributed by atoms with E-state index in [2.05, 4.69) is 29.2 Å². The zero-order valence-corrected chi connectivity index (χ0v) is 16.3. The topological polar surface area (TPSA) is 26.8 Å². The summed E-state index contributed by atoms with van der Waals surface area (Å²) in [6.45, 7) is 2.29. The fourth-order valence-corrected chi connectivity index (χ4v) is 4.68. The average Bonchev–Trinajstić information content (AvgIpc) is 3.27. The summed E-state index contributed by atoms with van der Waals surface area (Å²) in [5, 5.41) is 0.654. The Bertz CT molecular complexity index is 715. The van der Waals surface area contributed by atoms with Crippen LogP contribution in [0.4, 0.5) is 5.69 Å². The minimum Gasteiger partial charge on any atom is -0.372 e. The van der Waals surface area contributed by atoms with Gasteiger partial charge in [-0.1, -0.05) is 31.4 Å². The Kier molecular flexibility index (Phi) is 4.98. The fourth-order valence-electron chi connectivity index (χ4n) is 4.35. The molecule has 1 aliphatic carbocycles. The van der Waals surface area contributed by atoms with Crippen LogP contribution >= 0.6 is 12.2 Å². The molecule has 4 rings (SSSR count). The molecule has 2 heterocycles. The van der Waals surface area contributed by atoms with Gasteiger partial charge in [0.1, 0.15) is 5.70 Å². The first-order chi connectivity index (χ1) is 12.6. The van der Waals surface area contributed by atoms with Crippen molar-refractivity contribution in [2.45, 2.75) is 51.0 Å². The van der Waals surface area contributed by atoms with Gasteiger partial charge in [0.2, 0.25) is 0 Å². The first-order valence-corrected chi connectivity index (χ1v) is 10.2. The second kappa shape index (κ2) is 7.39. The summed E-state index contributed by atoms with van der Waals surface area (Å²) in [5.41, 5.74) is 3.01. The van der Waals surface area contributed by atoms with E-state index in [9.17, 15) is 4.79 Å². The van der Waals surface area contributed by atoms with E-state index in [1.54, 1.807) is 0 Å². The summed E-state index contributed by atoms with van der Waals surface area (Å²) in [5.74, 6) is 0.0630. The number of carbonyl (C=O) groups excluding carboxylic acids is 1.